The number of hydrogen-bond acceptors (Lipinski definition) is 2. The summed E-state index contributed by atoms with van der Waals surface area (Å²) in [6.07, 6.45) is 1.99. The second-order valence-electron chi connectivity index (χ2n) is 4.23. The molecular formula is C12H15ClN2O. The molecule has 2 unspecified atom stereocenters. The molecular weight excluding hydrogens is 224 g/mol. The predicted octanol–water partition coefficient (Wildman–Crippen LogP) is 1.79. The molecule has 0 bridgehead atoms. The fourth-order valence-corrected chi connectivity index (χ4v) is 2.34. The summed E-state index contributed by atoms with van der Waals surface area (Å²) in [5.41, 5.74) is 7.73. The third kappa shape index (κ3) is 2.20. The smallest absolute Gasteiger partial charge is 0.234 e. The van der Waals surface area contributed by atoms with E-state index in [0.717, 1.165) is 17.9 Å². The molecule has 1 aliphatic rings. The molecule has 1 amide bonds. The van der Waals surface area contributed by atoms with E-state index < -0.39 is 0 Å². The Kier molecular flexibility index (Phi) is 3.17. The number of hydrogen-bond donors (Lipinski definition) is 2. The molecule has 0 radical (unpaired) electrons. The fraction of sp³-hybridized carbons (Fsp3) is 0.417. The summed E-state index contributed by atoms with van der Waals surface area (Å²) < 4.78 is 0. The highest BCUT2D eigenvalue weighted by atomic mass is 35.5. The van der Waals surface area contributed by atoms with Crippen LogP contribution in [-0.2, 0) is 11.2 Å². The van der Waals surface area contributed by atoms with Crippen molar-refractivity contribution in [3.63, 3.8) is 0 Å². The Hall–Kier alpha value is -1.06. The lowest BCUT2D eigenvalue weighted by atomic mass is 10.1. The molecule has 2 rings (SSSR count). The molecule has 0 spiro atoms. The van der Waals surface area contributed by atoms with Gasteiger partial charge in [0, 0.05) is 11.1 Å². The number of benzene rings is 1. The standard InChI is InChI=1S/C12H15ClN2O/c1-7(12(14)16)15-11-5-2-8-6-9(13)3-4-10(8)11/h3-4,6-7,11,15H,2,5H2,1H3,(H2,14,16). The normalized spacial score (nSPS) is 20.5. The van der Waals surface area contributed by atoms with Crippen molar-refractivity contribution in [1.82, 2.24) is 5.32 Å². The van der Waals surface area contributed by atoms with Crippen molar-refractivity contribution >= 4 is 17.5 Å². The van der Waals surface area contributed by atoms with E-state index in [0.29, 0.717) is 0 Å². The number of nitrogens with one attached hydrogen (secondary N) is 1. The largest absolute Gasteiger partial charge is 0.368 e. The van der Waals surface area contributed by atoms with E-state index in [1.54, 1.807) is 6.92 Å². The second kappa shape index (κ2) is 4.44. The first-order chi connectivity index (χ1) is 7.58. The monoisotopic (exact) mass is 238 g/mol. The number of aryl methyl sites for hydroxylation is 1. The van der Waals surface area contributed by atoms with Crippen LogP contribution in [0.3, 0.4) is 0 Å². The number of halogens is 1. The van der Waals surface area contributed by atoms with Crippen LogP contribution in [-0.4, -0.2) is 11.9 Å². The van der Waals surface area contributed by atoms with Crippen molar-refractivity contribution in [3.8, 4) is 0 Å². The van der Waals surface area contributed by atoms with Crippen LogP contribution in [0.4, 0.5) is 0 Å². The molecule has 3 N–H and O–H groups in total. The highest BCUT2D eigenvalue weighted by molar-refractivity contribution is 6.30. The van der Waals surface area contributed by atoms with Gasteiger partial charge in [-0.2, -0.15) is 0 Å². The number of amides is 1. The molecule has 0 saturated carbocycles. The number of carbonyl (C=O) groups excluding carboxylic acids is 1. The number of fused-ring (bicyclic) bond motifs is 1. The number of rotatable bonds is 3. The van der Waals surface area contributed by atoms with Gasteiger partial charge in [0.25, 0.3) is 0 Å². The zero-order chi connectivity index (χ0) is 11.7. The van der Waals surface area contributed by atoms with Gasteiger partial charge >= 0.3 is 0 Å². The van der Waals surface area contributed by atoms with Crippen LogP contribution in [0, 0.1) is 0 Å². The molecule has 0 aliphatic heterocycles. The zero-order valence-corrected chi connectivity index (χ0v) is 9.92. The first kappa shape index (κ1) is 11.4. The molecule has 0 heterocycles. The average Bonchev–Trinajstić information content (AvgIpc) is 2.60. The van der Waals surface area contributed by atoms with Crippen LogP contribution >= 0.6 is 11.6 Å². The minimum absolute atomic E-state index is 0.217. The lowest BCUT2D eigenvalue weighted by Crippen LogP contribution is -2.40. The summed E-state index contributed by atoms with van der Waals surface area (Å²) in [5, 5.41) is 4.00. The Morgan fingerprint density at radius 2 is 2.38 bits per heavy atom. The fourth-order valence-electron chi connectivity index (χ4n) is 2.14. The van der Waals surface area contributed by atoms with Crippen molar-refractivity contribution in [1.29, 1.82) is 0 Å². The van der Waals surface area contributed by atoms with Crippen molar-refractivity contribution in [2.75, 3.05) is 0 Å². The van der Waals surface area contributed by atoms with Gasteiger partial charge in [-0.1, -0.05) is 17.7 Å². The molecule has 1 aromatic rings. The van der Waals surface area contributed by atoms with Gasteiger partial charge in [-0.25, -0.2) is 0 Å². The Labute approximate surface area is 100.0 Å². The van der Waals surface area contributed by atoms with E-state index in [9.17, 15) is 4.79 Å². The first-order valence-corrected chi connectivity index (χ1v) is 5.79. The topological polar surface area (TPSA) is 55.1 Å². The summed E-state index contributed by atoms with van der Waals surface area (Å²) in [5.74, 6) is -0.317. The Morgan fingerprint density at radius 1 is 1.62 bits per heavy atom. The van der Waals surface area contributed by atoms with Gasteiger partial charge in [0.1, 0.15) is 0 Å². The molecule has 2 atom stereocenters. The molecule has 16 heavy (non-hydrogen) atoms. The quantitative estimate of drug-likeness (QED) is 0.844. The van der Waals surface area contributed by atoms with Gasteiger partial charge in [0.15, 0.2) is 0 Å². The van der Waals surface area contributed by atoms with E-state index in [1.807, 2.05) is 18.2 Å². The number of primary amides is 1. The van der Waals surface area contributed by atoms with Crippen molar-refractivity contribution in [2.45, 2.75) is 31.8 Å². The summed E-state index contributed by atoms with van der Waals surface area (Å²) in [6, 6.07) is 5.82. The van der Waals surface area contributed by atoms with Crippen molar-refractivity contribution in [2.24, 2.45) is 5.73 Å². The van der Waals surface area contributed by atoms with Gasteiger partial charge in [0.2, 0.25) is 5.91 Å². The van der Waals surface area contributed by atoms with E-state index >= 15 is 0 Å². The molecule has 1 aliphatic carbocycles. The summed E-state index contributed by atoms with van der Waals surface area (Å²) in [4.78, 5) is 11.0. The molecule has 86 valence electrons. The first-order valence-electron chi connectivity index (χ1n) is 5.41. The highest BCUT2D eigenvalue weighted by Gasteiger charge is 2.24. The molecule has 0 fully saturated rings. The average molecular weight is 239 g/mol. The minimum atomic E-state index is -0.317. The van der Waals surface area contributed by atoms with E-state index in [2.05, 4.69) is 5.32 Å². The second-order valence-corrected chi connectivity index (χ2v) is 4.66. The Morgan fingerprint density at radius 3 is 3.06 bits per heavy atom. The maximum Gasteiger partial charge on any atom is 0.234 e. The molecule has 0 saturated heterocycles. The summed E-state index contributed by atoms with van der Waals surface area (Å²) >= 11 is 5.93. The van der Waals surface area contributed by atoms with Gasteiger partial charge in [0.05, 0.1) is 6.04 Å². The zero-order valence-electron chi connectivity index (χ0n) is 9.16. The van der Waals surface area contributed by atoms with Crippen molar-refractivity contribution in [3.05, 3.63) is 34.3 Å². The van der Waals surface area contributed by atoms with Gasteiger partial charge in [-0.05, 0) is 43.0 Å². The predicted molar refractivity (Wildman–Crippen MR) is 64.3 cm³/mol. The van der Waals surface area contributed by atoms with E-state index in [-0.39, 0.29) is 18.0 Å². The lowest BCUT2D eigenvalue weighted by molar-refractivity contribution is -0.119. The van der Waals surface area contributed by atoms with Crippen LogP contribution in [0.15, 0.2) is 18.2 Å². The SMILES string of the molecule is CC(NC1CCc2cc(Cl)ccc21)C(N)=O. The number of carbonyl (C=O) groups is 1. The Bertz CT molecular complexity index is 419. The van der Waals surface area contributed by atoms with Crippen molar-refractivity contribution < 1.29 is 4.79 Å². The highest BCUT2D eigenvalue weighted by Crippen LogP contribution is 2.32. The molecule has 0 aromatic heterocycles. The van der Waals surface area contributed by atoms with Gasteiger partial charge in [-0.3, -0.25) is 10.1 Å². The Balaban J connectivity index is 2.15. The van der Waals surface area contributed by atoms with Crippen LogP contribution in [0.25, 0.3) is 0 Å². The van der Waals surface area contributed by atoms with Crippen LogP contribution in [0.2, 0.25) is 5.02 Å². The molecule has 1 aromatic carbocycles. The third-order valence-corrected chi connectivity index (χ3v) is 3.30. The van der Waals surface area contributed by atoms with Crippen LogP contribution in [0.5, 0.6) is 0 Å². The number of nitrogens with two attached hydrogens (primary N) is 1. The maximum atomic E-state index is 11.0. The van der Waals surface area contributed by atoms with E-state index in [4.69, 9.17) is 17.3 Å². The van der Waals surface area contributed by atoms with Gasteiger partial charge < -0.3 is 5.73 Å². The summed E-state index contributed by atoms with van der Waals surface area (Å²) in [6.45, 7) is 1.79. The maximum absolute atomic E-state index is 11.0. The van der Waals surface area contributed by atoms with Crippen LogP contribution in [0.1, 0.15) is 30.5 Å². The summed E-state index contributed by atoms with van der Waals surface area (Å²) in [7, 11) is 0. The van der Waals surface area contributed by atoms with Crippen LogP contribution < -0.4 is 11.1 Å². The lowest BCUT2D eigenvalue weighted by Gasteiger charge is -2.17. The van der Waals surface area contributed by atoms with E-state index in [1.165, 1.54) is 11.1 Å². The molecule has 4 heteroatoms. The van der Waals surface area contributed by atoms with Gasteiger partial charge in [-0.15, -0.1) is 0 Å². The minimum Gasteiger partial charge on any atom is -0.368 e. The molecule has 3 nitrogen and oxygen atoms in total. The third-order valence-electron chi connectivity index (χ3n) is 3.06.